The number of halogens is 2. The van der Waals surface area contributed by atoms with Crippen molar-refractivity contribution >= 4 is 49.1 Å². The summed E-state index contributed by atoms with van der Waals surface area (Å²) < 4.78 is 11.8. The number of anilines is 2. The summed E-state index contributed by atoms with van der Waals surface area (Å²) >= 11 is 6.66. The number of carbonyl (C=O) groups is 1. The fraction of sp³-hybridized carbons (Fsp3) is 0.214. The lowest BCUT2D eigenvalue weighted by Crippen LogP contribution is -2.17. The van der Waals surface area contributed by atoms with Crippen LogP contribution in [0, 0.1) is 0 Å². The Kier molecular flexibility index (Phi) is 5.84. The van der Waals surface area contributed by atoms with Crippen molar-refractivity contribution in [1.29, 1.82) is 0 Å². The Labute approximate surface area is 139 Å². The van der Waals surface area contributed by atoms with Gasteiger partial charge in [-0.3, -0.25) is 4.79 Å². The van der Waals surface area contributed by atoms with Gasteiger partial charge in [0, 0.05) is 18.5 Å². The van der Waals surface area contributed by atoms with Crippen LogP contribution in [0.1, 0.15) is 5.76 Å². The maximum atomic E-state index is 11.5. The molecule has 0 saturated heterocycles. The second-order valence-corrected chi connectivity index (χ2v) is 5.82. The van der Waals surface area contributed by atoms with Gasteiger partial charge in [-0.1, -0.05) is 6.07 Å². The molecule has 2 aromatic rings. The Hall–Kier alpha value is -1.31. The largest absolute Gasteiger partial charge is 0.451 e. The number of ether oxygens (including phenoxy) is 1. The maximum Gasteiger partial charge on any atom is 0.250 e. The van der Waals surface area contributed by atoms with Crippen LogP contribution in [0.2, 0.25) is 0 Å². The molecule has 0 aliphatic heterocycles. The second kappa shape index (κ2) is 7.63. The third kappa shape index (κ3) is 4.87. The van der Waals surface area contributed by atoms with E-state index < -0.39 is 0 Å². The Bertz CT molecular complexity index is 609. The molecule has 21 heavy (non-hydrogen) atoms. The fourth-order valence-corrected chi connectivity index (χ4v) is 2.36. The zero-order chi connectivity index (χ0) is 15.2. The van der Waals surface area contributed by atoms with Gasteiger partial charge in [-0.25, -0.2) is 0 Å². The van der Waals surface area contributed by atoms with Crippen LogP contribution < -0.4 is 10.6 Å². The molecule has 1 aromatic carbocycles. The topological polar surface area (TPSA) is 63.5 Å². The van der Waals surface area contributed by atoms with E-state index in [9.17, 15) is 4.79 Å². The number of nitrogens with one attached hydrogen (secondary N) is 2. The Morgan fingerprint density at radius 2 is 2.05 bits per heavy atom. The van der Waals surface area contributed by atoms with E-state index in [0.29, 0.717) is 16.9 Å². The molecule has 0 spiro atoms. The number of benzene rings is 1. The minimum absolute atomic E-state index is 0.0338. The molecule has 0 saturated carbocycles. The summed E-state index contributed by atoms with van der Waals surface area (Å²) in [6.45, 7) is 0.575. The molecule has 112 valence electrons. The van der Waals surface area contributed by atoms with Gasteiger partial charge in [0.2, 0.25) is 5.91 Å². The summed E-state index contributed by atoms with van der Waals surface area (Å²) in [6, 6.07) is 9.33. The first-order chi connectivity index (χ1) is 10.1. The highest BCUT2D eigenvalue weighted by molar-refractivity contribution is 9.13. The molecule has 1 heterocycles. The molecule has 0 atom stereocenters. The molecular weight excluding hydrogens is 404 g/mol. The van der Waals surface area contributed by atoms with Crippen molar-refractivity contribution in [2.45, 2.75) is 6.54 Å². The first-order valence-corrected chi connectivity index (χ1v) is 7.73. The molecular formula is C14H14Br2N2O3. The van der Waals surface area contributed by atoms with Gasteiger partial charge in [0.15, 0.2) is 4.67 Å². The Balaban J connectivity index is 1.96. The van der Waals surface area contributed by atoms with Gasteiger partial charge < -0.3 is 19.8 Å². The number of amides is 1. The van der Waals surface area contributed by atoms with Gasteiger partial charge in [0.1, 0.15) is 12.4 Å². The Morgan fingerprint density at radius 1 is 1.29 bits per heavy atom. The molecule has 0 bridgehead atoms. The zero-order valence-electron chi connectivity index (χ0n) is 11.3. The number of carbonyl (C=O) groups excluding carboxylic acids is 1. The zero-order valence-corrected chi connectivity index (χ0v) is 14.5. The SMILES string of the molecule is COCC(=O)Nc1cccc(NCc2cc(Br)c(Br)o2)c1. The van der Waals surface area contributed by atoms with Gasteiger partial charge in [-0.05, 0) is 56.1 Å². The summed E-state index contributed by atoms with van der Waals surface area (Å²) in [4.78, 5) is 11.5. The minimum atomic E-state index is -0.187. The minimum Gasteiger partial charge on any atom is -0.451 e. The first kappa shape index (κ1) is 16.1. The lowest BCUT2D eigenvalue weighted by molar-refractivity contribution is -0.119. The highest BCUT2D eigenvalue weighted by Crippen LogP contribution is 2.27. The van der Waals surface area contributed by atoms with E-state index in [1.807, 2.05) is 30.3 Å². The van der Waals surface area contributed by atoms with E-state index in [1.165, 1.54) is 7.11 Å². The number of hydrogen-bond acceptors (Lipinski definition) is 4. The van der Waals surface area contributed by atoms with Crippen LogP contribution in [0.5, 0.6) is 0 Å². The quantitative estimate of drug-likeness (QED) is 0.745. The van der Waals surface area contributed by atoms with Crippen LogP contribution in [0.3, 0.4) is 0 Å². The smallest absolute Gasteiger partial charge is 0.250 e. The summed E-state index contributed by atoms with van der Waals surface area (Å²) in [5, 5.41) is 5.98. The molecule has 1 aromatic heterocycles. The number of furan rings is 1. The molecule has 0 unspecified atom stereocenters. The van der Waals surface area contributed by atoms with E-state index >= 15 is 0 Å². The summed E-state index contributed by atoms with van der Waals surface area (Å²) in [5.41, 5.74) is 1.60. The predicted octanol–water partition coefficient (Wildman–Crippen LogP) is 4.00. The van der Waals surface area contributed by atoms with Crippen LogP contribution in [0.25, 0.3) is 0 Å². The molecule has 0 aliphatic rings. The standard InChI is InChI=1S/C14H14Br2N2O3/c1-20-8-13(19)18-10-4-2-3-9(5-10)17-7-11-6-12(15)14(16)21-11/h2-6,17H,7-8H2,1H3,(H,18,19). The van der Waals surface area contributed by atoms with Crippen molar-refractivity contribution in [3.05, 3.63) is 45.2 Å². The van der Waals surface area contributed by atoms with Gasteiger partial charge >= 0.3 is 0 Å². The number of hydrogen-bond donors (Lipinski definition) is 2. The van der Waals surface area contributed by atoms with Crippen LogP contribution in [0.4, 0.5) is 11.4 Å². The average molecular weight is 418 g/mol. The van der Waals surface area contributed by atoms with Crippen molar-refractivity contribution in [2.24, 2.45) is 0 Å². The molecule has 0 radical (unpaired) electrons. The molecule has 0 aliphatic carbocycles. The fourth-order valence-electron chi connectivity index (χ4n) is 1.70. The van der Waals surface area contributed by atoms with Crippen LogP contribution in [0.15, 0.2) is 43.9 Å². The molecule has 2 rings (SSSR count). The molecule has 0 fully saturated rings. The average Bonchev–Trinajstić information content (AvgIpc) is 2.76. The highest BCUT2D eigenvalue weighted by Gasteiger charge is 2.06. The van der Waals surface area contributed by atoms with Crippen LogP contribution in [-0.2, 0) is 16.1 Å². The van der Waals surface area contributed by atoms with Crippen LogP contribution >= 0.6 is 31.9 Å². The van der Waals surface area contributed by atoms with Crippen molar-refractivity contribution in [1.82, 2.24) is 0 Å². The van der Waals surface area contributed by atoms with Gasteiger partial charge in [0.05, 0.1) is 11.0 Å². The van der Waals surface area contributed by atoms with E-state index in [2.05, 4.69) is 42.5 Å². The summed E-state index contributed by atoms with van der Waals surface area (Å²) in [5.74, 6) is 0.608. The van der Waals surface area contributed by atoms with E-state index in [4.69, 9.17) is 9.15 Å². The third-order valence-corrected chi connectivity index (χ3v) is 4.29. The summed E-state index contributed by atoms with van der Waals surface area (Å²) in [7, 11) is 1.48. The lowest BCUT2D eigenvalue weighted by atomic mass is 10.2. The molecule has 7 heteroatoms. The predicted molar refractivity (Wildman–Crippen MR) is 88.4 cm³/mol. The summed E-state index contributed by atoms with van der Waals surface area (Å²) in [6.07, 6.45) is 0. The molecule has 5 nitrogen and oxygen atoms in total. The highest BCUT2D eigenvalue weighted by atomic mass is 79.9. The van der Waals surface area contributed by atoms with Gasteiger partial charge in [-0.2, -0.15) is 0 Å². The third-order valence-electron chi connectivity index (χ3n) is 2.58. The Morgan fingerprint density at radius 3 is 2.71 bits per heavy atom. The van der Waals surface area contributed by atoms with Crippen molar-refractivity contribution in [3.8, 4) is 0 Å². The van der Waals surface area contributed by atoms with E-state index in [0.717, 1.165) is 15.9 Å². The van der Waals surface area contributed by atoms with Crippen molar-refractivity contribution in [2.75, 3.05) is 24.4 Å². The van der Waals surface area contributed by atoms with Gasteiger partial charge in [0.25, 0.3) is 0 Å². The van der Waals surface area contributed by atoms with Crippen molar-refractivity contribution < 1.29 is 13.9 Å². The maximum absolute atomic E-state index is 11.5. The van der Waals surface area contributed by atoms with Crippen molar-refractivity contribution in [3.63, 3.8) is 0 Å². The monoisotopic (exact) mass is 416 g/mol. The van der Waals surface area contributed by atoms with Gasteiger partial charge in [-0.15, -0.1) is 0 Å². The van der Waals surface area contributed by atoms with E-state index in [1.54, 1.807) is 0 Å². The molecule has 2 N–H and O–H groups in total. The second-order valence-electron chi connectivity index (χ2n) is 4.25. The first-order valence-electron chi connectivity index (χ1n) is 6.15. The van der Waals surface area contributed by atoms with E-state index in [-0.39, 0.29) is 12.5 Å². The molecule has 1 amide bonds. The lowest BCUT2D eigenvalue weighted by Gasteiger charge is -2.08. The number of methoxy groups -OCH3 is 1. The van der Waals surface area contributed by atoms with Crippen LogP contribution in [-0.4, -0.2) is 19.6 Å². The normalized spacial score (nSPS) is 10.4. The number of rotatable bonds is 6.